The number of carbonyl (C=O) groups excluding carboxylic acids is 2. The second-order valence-electron chi connectivity index (χ2n) is 3.07. The van der Waals surface area contributed by atoms with Crippen LogP contribution in [0.15, 0.2) is 18.2 Å². The summed E-state index contributed by atoms with van der Waals surface area (Å²) in [6.07, 6.45) is 0. The van der Waals surface area contributed by atoms with Gasteiger partial charge in [-0.05, 0) is 12.1 Å². The first-order valence-electron chi connectivity index (χ1n) is 4.42. The minimum atomic E-state index is -0.707. The fourth-order valence-corrected chi connectivity index (χ4v) is 1.25. The zero-order chi connectivity index (χ0) is 13.0. The lowest BCUT2D eigenvalue weighted by Gasteiger charge is -2.03. The molecule has 0 spiro atoms. The second-order valence-corrected chi connectivity index (χ2v) is 3.48. The number of nitrogens with one attached hydrogen (secondary N) is 1. The van der Waals surface area contributed by atoms with Crippen LogP contribution in [0.1, 0.15) is 10.4 Å². The number of nitrogens with zero attached hydrogens (tertiary/aromatic N) is 1. The quantitative estimate of drug-likeness (QED) is 0.602. The molecule has 8 heteroatoms. The summed E-state index contributed by atoms with van der Waals surface area (Å²) in [6, 6.07) is 3.57. The molecule has 0 fully saturated rings. The van der Waals surface area contributed by atoms with E-state index in [1.165, 1.54) is 12.1 Å². The van der Waals surface area contributed by atoms with Gasteiger partial charge in [-0.15, -0.1) is 0 Å². The fourth-order valence-electron chi connectivity index (χ4n) is 1.06. The molecule has 17 heavy (non-hydrogen) atoms. The number of nitro benzene ring substituents is 1. The van der Waals surface area contributed by atoms with Crippen LogP contribution in [0.25, 0.3) is 0 Å². The van der Waals surface area contributed by atoms with Crippen molar-refractivity contribution in [2.75, 3.05) is 6.54 Å². The van der Waals surface area contributed by atoms with Crippen molar-refractivity contribution < 1.29 is 14.5 Å². The van der Waals surface area contributed by atoms with Crippen molar-refractivity contribution in [3.05, 3.63) is 38.9 Å². The number of benzene rings is 1. The Morgan fingerprint density at radius 1 is 1.47 bits per heavy atom. The maximum atomic E-state index is 11.5. The van der Waals surface area contributed by atoms with Gasteiger partial charge in [0.05, 0.1) is 11.5 Å². The largest absolute Gasteiger partial charge is 0.368 e. The van der Waals surface area contributed by atoms with Crippen molar-refractivity contribution in [2.24, 2.45) is 5.73 Å². The molecule has 0 radical (unpaired) electrons. The lowest BCUT2D eigenvalue weighted by atomic mass is 10.2. The van der Waals surface area contributed by atoms with E-state index >= 15 is 0 Å². The summed E-state index contributed by atoms with van der Waals surface area (Å²) in [5.74, 6) is -1.34. The average Bonchev–Trinajstić information content (AvgIpc) is 2.26. The standard InChI is InChI=1S/C9H8ClN3O4/c10-6-2-1-5(3-7(6)13(16)17)9(15)12-4-8(11)14/h1-3H,4H2,(H2,11,14)(H,12,15). The molecule has 0 bridgehead atoms. The third-order valence-electron chi connectivity index (χ3n) is 1.83. The number of rotatable bonds is 4. The summed E-state index contributed by atoms with van der Waals surface area (Å²) in [5.41, 5.74) is 4.49. The van der Waals surface area contributed by atoms with Crippen molar-refractivity contribution in [1.29, 1.82) is 0 Å². The summed E-state index contributed by atoms with van der Waals surface area (Å²) >= 11 is 5.58. The van der Waals surface area contributed by atoms with Gasteiger partial charge in [0.15, 0.2) is 0 Å². The molecular weight excluding hydrogens is 250 g/mol. The fraction of sp³-hybridized carbons (Fsp3) is 0.111. The molecule has 0 saturated heterocycles. The van der Waals surface area contributed by atoms with Crippen LogP contribution in [0.5, 0.6) is 0 Å². The highest BCUT2D eigenvalue weighted by Crippen LogP contribution is 2.24. The molecule has 0 aromatic heterocycles. The Bertz CT molecular complexity index is 489. The van der Waals surface area contributed by atoms with E-state index in [1.54, 1.807) is 0 Å². The van der Waals surface area contributed by atoms with Crippen LogP contribution in [-0.4, -0.2) is 23.3 Å². The number of carbonyl (C=O) groups is 2. The molecule has 0 unspecified atom stereocenters. The van der Waals surface area contributed by atoms with Gasteiger partial charge in [-0.3, -0.25) is 19.7 Å². The molecule has 7 nitrogen and oxygen atoms in total. The molecule has 1 aromatic carbocycles. The lowest BCUT2D eigenvalue weighted by Crippen LogP contribution is -2.33. The first-order chi connectivity index (χ1) is 7.91. The molecule has 0 atom stereocenters. The molecule has 0 aliphatic carbocycles. The molecule has 1 aromatic rings. The third kappa shape index (κ3) is 3.42. The maximum Gasteiger partial charge on any atom is 0.288 e. The third-order valence-corrected chi connectivity index (χ3v) is 2.15. The van der Waals surface area contributed by atoms with Crippen LogP contribution in [0.4, 0.5) is 5.69 Å². The minimum Gasteiger partial charge on any atom is -0.368 e. The van der Waals surface area contributed by atoms with Gasteiger partial charge in [-0.25, -0.2) is 0 Å². The van der Waals surface area contributed by atoms with Gasteiger partial charge in [-0.1, -0.05) is 11.6 Å². The van der Waals surface area contributed by atoms with Crippen LogP contribution < -0.4 is 11.1 Å². The Kier molecular flexibility index (Phi) is 4.00. The molecule has 0 aliphatic heterocycles. The first-order valence-corrected chi connectivity index (χ1v) is 4.80. The van der Waals surface area contributed by atoms with Gasteiger partial charge in [0.2, 0.25) is 5.91 Å². The summed E-state index contributed by atoms with van der Waals surface area (Å²) in [4.78, 5) is 31.8. The molecule has 0 aliphatic rings. The predicted octanol–water partition coefficient (Wildman–Crippen LogP) is 0.463. The molecular formula is C9H8ClN3O4. The van der Waals surface area contributed by atoms with Crippen LogP contribution in [0.2, 0.25) is 5.02 Å². The second kappa shape index (κ2) is 5.26. The van der Waals surface area contributed by atoms with Gasteiger partial charge in [0, 0.05) is 11.6 Å². The van der Waals surface area contributed by atoms with Gasteiger partial charge in [0.25, 0.3) is 11.6 Å². The highest BCUT2D eigenvalue weighted by Gasteiger charge is 2.16. The molecule has 1 rings (SSSR count). The highest BCUT2D eigenvalue weighted by molar-refractivity contribution is 6.32. The van der Waals surface area contributed by atoms with Crippen LogP contribution in [0.3, 0.4) is 0 Å². The SMILES string of the molecule is NC(=O)CNC(=O)c1ccc(Cl)c([N+](=O)[O-])c1. The zero-order valence-electron chi connectivity index (χ0n) is 8.47. The number of hydrogen-bond acceptors (Lipinski definition) is 4. The summed E-state index contributed by atoms with van der Waals surface area (Å²) in [7, 11) is 0. The number of halogens is 1. The molecule has 90 valence electrons. The van der Waals surface area contributed by atoms with E-state index in [1.807, 2.05) is 0 Å². The maximum absolute atomic E-state index is 11.5. The molecule has 2 amide bonds. The van der Waals surface area contributed by atoms with E-state index < -0.39 is 16.7 Å². The monoisotopic (exact) mass is 257 g/mol. The lowest BCUT2D eigenvalue weighted by molar-refractivity contribution is -0.384. The van der Waals surface area contributed by atoms with Crippen molar-refractivity contribution >= 4 is 29.1 Å². The number of hydrogen-bond donors (Lipinski definition) is 2. The highest BCUT2D eigenvalue weighted by atomic mass is 35.5. The Morgan fingerprint density at radius 3 is 2.65 bits per heavy atom. The predicted molar refractivity (Wildman–Crippen MR) is 59.6 cm³/mol. The normalized spacial score (nSPS) is 9.71. The summed E-state index contributed by atoms with van der Waals surface area (Å²) in [6.45, 7) is -0.338. The van der Waals surface area contributed by atoms with Gasteiger partial charge in [0.1, 0.15) is 5.02 Å². The Balaban J connectivity index is 2.92. The molecule has 3 N–H and O–H groups in total. The van der Waals surface area contributed by atoms with Gasteiger partial charge >= 0.3 is 0 Å². The van der Waals surface area contributed by atoms with E-state index in [-0.39, 0.29) is 22.8 Å². The van der Waals surface area contributed by atoms with Crippen molar-refractivity contribution in [3.8, 4) is 0 Å². The van der Waals surface area contributed by atoms with Gasteiger partial charge in [-0.2, -0.15) is 0 Å². The van der Waals surface area contributed by atoms with E-state index in [0.717, 1.165) is 6.07 Å². The number of primary amides is 1. The topological polar surface area (TPSA) is 115 Å². The number of nitrogens with two attached hydrogens (primary N) is 1. The zero-order valence-corrected chi connectivity index (χ0v) is 9.23. The minimum absolute atomic E-state index is 0.0300. The summed E-state index contributed by atoms with van der Waals surface area (Å²) < 4.78 is 0. The number of nitro groups is 1. The van der Waals surface area contributed by atoms with Crippen molar-refractivity contribution in [2.45, 2.75) is 0 Å². The molecule has 0 heterocycles. The van der Waals surface area contributed by atoms with E-state index in [2.05, 4.69) is 5.32 Å². The van der Waals surface area contributed by atoms with Crippen LogP contribution >= 0.6 is 11.6 Å². The Morgan fingerprint density at radius 2 is 2.12 bits per heavy atom. The average molecular weight is 258 g/mol. The smallest absolute Gasteiger partial charge is 0.288 e. The van der Waals surface area contributed by atoms with Crippen molar-refractivity contribution in [1.82, 2.24) is 5.32 Å². The van der Waals surface area contributed by atoms with Crippen LogP contribution in [-0.2, 0) is 4.79 Å². The Hall–Kier alpha value is -2.15. The van der Waals surface area contributed by atoms with E-state index in [0.29, 0.717) is 0 Å². The van der Waals surface area contributed by atoms with Crippen LogP contribution in [0, 0.1) is 10.1 Å². The van der Waals surface area contributed by atoms with Gasteiger partial charge < -0.3 is 11.1 Å². The Labute approximate surface area is 101 Å². The van der Waals surface area contributed by atoms with Crippen molar-refractivity contribution in [3.63, 3.8) is 0 Å². The first kappa shape index (κ1) is 12.9. The van der Waals surface area contributed by atoms with E-state index in [9.17, 15) is 19.7 Å². The summed E-state index contributed by atoms with van der Waals surface area (Å²) in [5, 5.41) is 12.7. The van der Waals surface area contributed by atoms with E-state index in [4.69, 9.17) is 17.3 Å². The number of amides is 2. The molecule has 0 saturated carbocycles.